The SMILES string of the molecule is Cn1c(CO[Si](C)(C)C)c(CCO[Si](C)(C)C)c(=O)n(C)c1=O. The molecular formula is C15H30N2O4Si2. The van der Waals surface area contributed by atoms with Crippen molar-refractivity contribution in [1.82, 2.24) is 9.13 Å². The summed E-state index contributed by atoms with van der Waals surface area (Å²) in [6, 6.07) is 0. The maximum Gasteiger partial charge on any atom is 0.330 e. The summed E-state index contributed by atoms with van der Waals surface area (Å²) in [6.45, 7) is 13.4. The minimum Gasteiger partial charge on any atom is -0.417 e. The summed E-state index contributed by atoms with van der Waals surface area (Å²) >= 11 is 0. The molecule has 1 rings (SSSR count). The molecule has 132 valence electrons. The lowest BCUT2D eigenvalue weighted by atomic mass is 10.1. The Labute approximate surface area is 140 Å². The van der Waals surface area contributed by atoms with Crippen molar-refractivity contribution in [3.8, 4) is 0 Å². The van der Waals surface area contributed by atoms with Crippen LogP contribution < -0.4 is 11.2 Å². The Hall–Kier alpha value is -0.966. The van der Waals surface area contributed by atoms with Crippen molar-refractivity contribution in [1.29, 1.82) is 0 Å². The Morgan fingerprint density at radius 3 is 1.87 bits per heavy atom. The summed E-state index contributed by atoms with van der Waals surface area (Å²) in [4.78, 5) is 24.7. The van der Waals surface area contributed by atoms with E-state index in [4.69, 9.17) is 8.85 Å². The Bertz CT molecular complexity index is 666. The molecule has 0 atom stereocenters. The number of aromatic nitrogens is 2. The van der Waals surface area contributed by atoms with E-state index in [0.29, 0.717) is 30.9 Å². The minimum atomic E-state index is -1.74. The second-order valence-electron chi connectivity index (χ2n) is 7.74. The first-order chi connectivity index (χ1) is 10.3. The van der Waals surface area contributed by atoms with Gasteiger partial charge in [-0.25, -0.2) is 4.79 Å². The highest BCUT2D eigenvalue weighted by Gasteiger charge is 2.21. The topological polar surface area (TPSA) is 62.5 Å². The zero-order valence-corrected chi connectivity index (χ0v) is 17.6. The van der Waals surface area contributed by atoms with Crippen LogP contribution in [0.15, 0.2) is 9.59 Å². The van der Waals surface area contributed by atoms with E-state index in [1.54, 1.807) is 7.05 Å². The highest BCUT2D eigenvalue weighted by Crippen LogP contribution is 2.11. The predicted octanol–water partition coefficient (Wildman–Crippen LogP) is 1.83. The zero-order valence-electron chi connectivity index (χ0n) is 15.6. The van der Waals surface area contributed by atoms with Gasteiger partial charge in [-0.05, 0) is 39.3 Å². The monoisotopic (exact) mass is 358 g/mol. The van der Waals surface area contributed by atoms with Gasteiger partial charge in [0.05, 0.1) is 12.3 Å². The molecule has 0 aliphatic heterocycles. The van der Waals surface area contributed by atoms with Gasteiger partial charge < -0.3 is 8.85 Å². The molecule has 0 spiro atoms. The van der Waals surface area contributed by atoms with Gasteiger partial charge in [0.2, 0.25) is 0 Å². The number of rotatable bonds is 7. The molecule has 0 saturated carbocycles. The van der Waals surface area contributed by atoms with Crippen molar-refractivity contribution < 1.29 is 8.85 Å². The van der Waals surface area contributed by atoms with Crippen LogP contribution in [0.3, 0.4) is 0 Å². The molecule has 0 amide bonds. The van der Waals surface area contributed by atoms with Gasteiger partial charge in [-0.2, -0.15) is 0 Å². The molecule has 1 aromatic rings. The molecule has 1 heterocycles. The smallest absolute Gasteiger partial charge is 0.330 e. The fraction of sp³-hybridized carbons (Fsp3) is 0.733. The third kappa shape index (κ3) is 5.87. The van der Waals surface area contributed by atoms with E-state index in [9.17, 15) is 9.59 Å². The minimum absolute atomic E-state index is 0.249. The second kappa shape index (κ2) is 7.29. The van der Waals surface area contributed by atoms with Crippen molar-refractivity contribution in [2.24, 2.45) is 14.1 Å². The normalized spacial score (nSPS) is 12.7. The van der Waals surface area contributed by atoms with Crippen LogP contribution in [0, 0.1) is 0 Å². The van der Waals surface area contributed by atoms with E-state index in [1.807, 2.05) is 0 Å². The first-order valence-corrected chi connectivity index (χ1v) is 14.7. The van der Waals surface area contributed by atoms with Gasteiger partial charge in [0.1, 0.15) is 0 Å². The van der Waals surface area contributed by atoms with Crippen LogP contribution in [0.2, 0.25) is 39.3 Å². The quantitative estimate of drug-likeness (QED) is 0.698. The Balaban J connectivity index is 3.19. The molecule has 0 saturated heterocycles. The largest absolute Gasteiger partial charge is 0.417 e. The molecule has 0 radical (unpaired) electrons. The predicted molar refractivity (Wildman–Crippen MR) is 98.1 cm³/mol. The maximum atomic E-state index is 12.5. The summed E-state index contributed by atoms with van der Waals surface area (Å²) < 4.78 is 14.5. The number of nitrogens with zero attached hydrogens (tertiary/aromatic N) is 2. The average Bonchev–Trinajstić information content (AvgIpc) is 2.39. The van der Waals surface area contributed by atoms with E-state index in [-0.39, 0.29) is 11.2 Å². The van der Waals surface area contributed by atoms with E-state index in [2.05, 4.69) is 39.3 Å². The van der Waals surface area contributed by atoms with Crippen LogP contribution in [0.1, 0.15) is 11.3 Å². The fourth-order valence-corrected chi connectivity index (χ4v) is 3.42. The molecule has 0 aliphatic rings. The fourth-order valence-electron chi connectivity index (χ4n) is 2.13. The lowest BCUT2D eigenvalue weighted by Gasteiger charge is -2.22. The molecule has 0 unspecified atom stereocenters. The molecule has 6 nitrogen and oxygen atoms in total. The molecule has 23 heavy (non-hydrogen) atoms. The van der Waals surface area contributed by atoms with E-state index >= 15 is 0 Å². The van der Waals surface area contributed by atoms with Gasteiger partial charge in [-0.1, -0.05) is 0 Å². The van der Waals surface area contributed by atoms with Gasteiger partial charge in [-0.3, -0.25) is 13.9 Å². The Morgan fingerprint density at radius 1 is 0.870 bits per heavy atom. The zero-order chi connectivity index (χ0) is 18.0. The summed E-state index contributed by atoms with van der Waals surface area (Å²) in [6.07, 6.45) is 0.495. The van der Waals surface area contributed by atoms with Gasteiger partial charge in [0.15, 0.2) is 16.6 Å². The van der Waals surface area contributed by atoms with Crippen LogP contribution in [-0.2, 0) is 36.0 Å². The van der Waals surface area contributed by atoms with Crippen LogP contribution in [0.4, 0.5) is 0 Å². The third-order valence-electron chi connectivity index (χ3n) is 3.42. The maximum absolute atomic E-state index is 12.5. The molecule has 0 bridgehead atoms. The van der Waals surface area contributed by atoms with Crippen molar-refractivity contribution in [3.05, 3.63) is 32.1 Å². The van der Waals surface area contributed by atoms with Crippen molar-refractivity contribution in [2.75, 3.05) is 6.61 Å². The van der Waals surface area contributed by atoms with Crippen LogP contribution in [0.5, 0.6) is 0 Å². The molecule has 0 aromatic carbocycles. The summed E-state index contributed by atoms with van der Waals surface area (Å²) in [5, 5.41) is 0. The first-order valence-electron chi connectivity index (χ1n) is 7.89. The Morgan fingerprint density at radius 2 is 1.39 bits per heavy atom. The first kappa shape index (κ1) is 20.1. The lowest BCUT2D eigenvalue weighted by molar-refractivity contribution is 0.280. The highest BCUT2D eigenvalue weighted by atomic mass is 28.4. The van der Waals surface area contributed by atoms with Crippen LogP contribution in [-0.4, -0.2) is 32.4 Å². The van der Waals surface area contributed by atoms with Crippen molar-refractivity contribution in [3.63, 3.8) is 0 Å². The van der Waals surface area contributed by atoms with E-state index in [0.717, 1.165) is 4.57 Å². The highest BCUT2D eigenvalue weighted by molar-refractivity contribution is 6.70. The molecule has 1 aromatic heterocycles. The van der Waals surface area contributed by atoms with E-state index in [1.165, 1.54) is 11.6 Å². The van der Waals surface area contributed by atoms with Crippen LogP contribution in [0.25, 0.3) is 0 Å². The van der Waals surface area contributed by atoms with Gasteiger partial charge >= 0.3 is 5.69 Å². The lowest BCUT2D eigenvalue weighted by Crippen LogP contribution is -2.42. The average molecular weight is 359 g/mol. The van der Waals surface area contributed by atoms with Crippen molar-refractivity contribution in [2.45, 2.75) is 52.3 Å². The molecular weight excluding hydrogens is 328 g/mol. The molecule has 0 N–H and O–H groups in total. The molecule has 8 heteroatoms. The standard InChI is InChI=1S/C15H30N2O4Si2/c1-16-13(11-21-23(6,7)8)12(9-10-20-22(3,4)5)14(18)17(2)15(16)19/h9-11H2,1-8H3. The number of hydrogen-bond acceptors (Lipinski definition) is 4. The van der Waals surface area contributed by atoms with E-state index < -0.39 is 16.6 Å². The van der Waals surface area contributed by atoms with Gasteiger partial charge in [-0.15, -0.1) is 0 Å². The summed E-state index contributed by atoms with van der Waals surface area (Å²) in [7, 11) is -0.179. The number of hydrogen-bond donors (Lipinski definition) is 0. The summed E-state index contributed by atoms with van der Waals surface area (Å²) in [5.41, 5.74) is 0.714. The van der Waals surface area contributed by atoms with Crippen molar-refractivity contribution >= 4 is 16.6 Å². The van der Waals surface area contributed by atoms with Gasteiger partial charge in [0.25, 0.3) is 5.56 Å². The van der Waals surface area contributed by atoms with Crippen LogP contribution >= 0.6 is 0 Å². The van der Waals surface area contributed by atoms with Gasteiger partial charge in [0, 0.05) is 32.7 Å². The Kier molecular flexibility index (Phi) is 6.36. The second-order valence-corrected chi connectivity index (χ2v) is 16.8. The molecule has 0 aliphatic carbocycles. The molecule has 0 fully saturated rings. The third-order valence-corrected chi connectivity index (χ3v) is 5.50. The summed E-state index contributed by atoms with van der Waals surface area (Å²) in [5.74, 6) is 0.